The summed E-state index contributed by atoms with van der Waals surface area (Å²) in [6.45, 7) is 0. The zero-order valence-corrected chi connectivity index (χ0v) is 14.2. The monoisotopic (exact) mass is 378 g/mol. The molecule has 0 spiro atoms. The maximum atomic E-state index is 12.9. The zero-order chi connectivity index (χ0) is 18.1. The molecule has 25 heavy (non-hydrogen) atoms. The van der Waals surface area contributed by atoms with Gasteiger partial charge in [0.1, 0.15) is 11.6 Å². The van der Waals surface area contributed by atoms with Gasteiger partial charge >= 0.3 is 0 Å². The minimum absolute atomic E-state index is 0.0102. The lowest BCUT2D eigenvalue weighted by molar-refractivity contribution is 0.0995. The second kappa shape index (κ2) is 6.69. The van der Waals surface area contributed by atoms with Gasteiger partial charge in [-0.3, -0.25) is 14.4 Å². The number of H-pyrrole nitrogens is 1. The van der Waals surface area contributed by atoms with Crippen molar-refractivity contribution in [2.75, 3.05) is 5.75 Å². The number of thioether (sulfide) groups is 1. The number of rotatable bonds is 5. The quantitative estimate of drug-likeness (QED) is 0.466. The van der Waals surface area contributed by atoms with E-state index in [0.717, 1.165) is 29.2 Å². The molecule has 0 atom stereocenters. The lowest BCUT2D eigenvalue weighted by atomic mass is 10.1. The lowest BCUT2D eigenvalue weighted by Crippen LogP contribution is -2.13. The van der Waals surface area contributed by atoms with Gasteiger partial charge in [-0.15, -0.1) is 23.1 Å². The summed E-state index contributed by atoms with van der Waals surface area (Å²) in [6.07, 6.45) is 0. The van der Waals surface area contributed by atoms with Crippen molar-refractivity contribution < 1.29 is 19.1 Å². The molecule has 3 rings (SSSR count). The van der Waals surface area contributed by atoms with Crippen molar-refractivity contribution >= 4 is 45.0 Å². The Morgan fingerprint density at radius 1 is 1.28 bits per heavy atom. The Labute approximate surface area is 148 Å². The molecule has 0 aliphatic heterocycles. The number of fused-ring (bicyclic) bond motifs is 1. The number of aromatic hydroxyl groups is 1. The van der Waals surface area contributed by atoms with E-state index in [1.807, 2.05) is 0 Å². The van der Waals surface area contributed by atoms with Crippen LogP contribution in [0.15, 0.2) is 39.3 Å². The molecule has 1 aromatic carbocycles. The topological polar surface area (TPSA) is 113 Å². The first-order chi connectivity index (χ1) is 11.9. The van der Waals surface area contributed by atoms with Crippen LogP contribution in [0, 0.1) is 5.82 Å². The number of hydrogen-bond donors (Lipinski definition) is 3. The Bertz CT molecular complexity index is 1040. The van der Waals surface area contributed by atoms with Crippen molar-refractivity contribution in [1.82, 2.24) is 4.98 Å². The summed E-state index contributed by atoms with van der Waals surface area (Å²) in [5, 5.41) is 9.88. The number of primary amides is 1. The van der Waals surface area contributed by atoms with E-state index in [0.29, 0.717) is 14.5 Å². The predicted octanol–water partition coefficient (Wildman–Crippen LogP) is 2.51. The van der Waals surface area contributed by atoms with E-state index in [1.165, 1.54) is 24.3 Å². The van der Waals surface area contributed by atoms with Gasteiger partial charge in [-0.25, -0.2) is 4.39 Å². The Balaban J connectivity index is 1.93. The number of pyridine rings is 1. The molecule has 0 unspecified atom stereocenters. The highest BCUT2D eigenvalue weighted by Crippen LogP contribution is 2.40. The smallest absolute Gasteiger partial charge is 0.252 e. The van der Waals surface area contributed by atoms with E-state index in [4.69, 9.17) is 5.73 Å². The summed E-state index contributed by atoms with van der Waals surface area (Å²) in [4.78, 5) is 37.9. The second-order valence-electron chi connectivity index (χ2n) is 5.07. The van der Waals surface area contributed by atoms with Crippen molar-refractivity contribution in [3.05, 3.63) is 57.6 Å². The van der Waals surface area contributed by atoms with Crippen molar-refractivity contribution in [1.29, 1.82) is 0 Å². The van der Waals surface area contributed by atoms with Crippen LogP contribution in [0.5, 0.6) is 5.75 Å². The highest BCUT2D eigenvalue weighted by Gasteiger charge is 2.21. The first kappa shape index (κ1) is 17.2. The summed E-state index contributed by atoms with van der Waals surface area (Å²) in [5.74, 6) is -1.74. The van der Waals surface area contributed by atoms with E-state index < -0.39 is 17.3 Å². The highest BCUT2D eigenvalue weighted by atomic mass is 32.2. The van der Waals surface area contributed by atoms with Crippen LogP contribution >= 0.6 is 23.1 Å². The highest BCUT2D eigenvalue weighted by molar-refractivity contribution is 8.02. The van der Waals surface area contributed by atoms with Gasteiger partial charge in [0, 0.05) is 11.6 Å². The molecule has 128 valence electrons. The summed E-state index contributed by atoms with van der Waals surface area (Å²) in [7, 11) is 0. The van der Waals surface area contributed by atoms with Crippen molar-refractivity contribution in [2.45, 2.75) is 4.21 Å². The fourth-order valence-corrected chi connectivity index (χ4v) is 4.58. The molecule has 6 nitrogen and oxygen atoms in total. The molecular formula is C16H11FN2O4S2. The van der Waals surface area contributed by atoms with Gasteiger partial charge in [0.25, 0.3) is 11.5 Å². The summed E-state index contributed by atoms with van der Waals surface area (Å²) >= 11 is 2.12. The second-order valence-corrected chi connectivity index (χ2v) is 7.34. The maximum absolute atomic E-state index is 12.9. The van der Waals surface area contributed by atoms with Crippen LogP contribution in [-0.2, 0) is 0 Å². The van der Waals surface area contributed by atoms with Gasteiger partial charge in [0.05, 0.1) is 25.7 Å². The molecule has 2 heterocycles. The van der Waals surface area contributed by atoms with Gasteiger partial charge in [0.15, 0.2) is 5.78 Å². The van der Waals surface area contributed by atoms with Crippen LogP contribution in [0.2, 0.25) is 0 Å². The number of amides is 1. The molecule has 2 aromatic heterocycles. The summed E-state index contributed by atoms with van der Waals surface area (Å²) in [5.41, 5.74) is 5.37. The average Bonchev–Trinajstić information content (AvgIpc) is 2.92. The normalized spacial score (nSPS) is 10.9. The van der Waals surface area contributed by atoms with Crippen LogP contribution < -0.4 is 11.3 Å². The number of hydrogen-bond acceptors (Lipinski definition) is 6. The van der Waals surface area contributed by atoms with E-state index in [-0.39, 0.29) is 28.4 Å². The van der Waals surface area contributed by atoms with Crippen LogP contribution in [0.25, 0.3) is 10.2 Å². The number of halogens is 1. The summed E-state index contributed by atoms with van der Waals surface area (Å²) < 4.78 is 13.6. The standard InChI is InChI=1S/C16H11FN2O4S2/c17-8-3-1-7(2-4-8)10(21)6-24-16-12(15(18)23)13-14(25-16)9(20)5-11(22)19-13/h1-5H,6H2,(H2,18,23)(H2,19,20,22). The Hall–Kier alpha value is -2.65. The third-order valence-electron chi connectivity index (χ3n) is 3.37. The molecule has 0 aliphatic carbocycles. The molecule has 0 saturated heterocycles. The van der Waals surface area contributed by atoms with Crippen LogP contribution in [0.3, 0.4) is 0 Å². The lowest BCUT2D eigenvalue weighted by Gasteiger charge is -2.02. The van der Waals surface area contributed by atoms with Gasteiger partial charge in [-0.1, -0.05) is 0 Å². The maximum Gasteiger partial charge on any atom is 0.252 e. The third kappa shape index (κ3) is 3.42. The first-order valence-corrected chi connectivity index (χ1v) is 8.77. The van der Waals surface area contributed by atoms with Crippen molar-refractivity contribution in [2.24, 2.45) is 5.73 Å². The number of aromatic nitrogens is 1. The molecule has 1 amide bonds. The number of carbonyl (C=O) groups excluding carboxylic acids is 2. The molecule has 0 radical (unpaired) electrons. The van der Waals surface area contributed by atoms with Gasteiger partial charge in [0.2, 0.25) is 0 Å². The van der Waals surface area contributed by atoms with E-state index in [9.17, 15) is 23.9 Å². The van der Waals surface area contributed by atoms with Crippen LogP contribution in [-0.4, -0.2) is 27.5 Å². The molecule has 0 bridgehead atoms. The fraction of sp³-hybridized carbons (Fsp3) is 0.0625. The number of benzene rings is 1. The Kier molecular flexibility index (Phi) is 4.60. The van der Waals surface area contributed by atoms with Gasteiger partial charge < -0.3 is 15.8 Å². The van der Waals surface area contributed by atoms with Crippen molar-refractivity contribution in [3.63, 3.8) is 0 Å². The number of Topliss-reactive ketones (excluding diaryl/α,β-unsaturated/α-hetero) is 1. The predicted molar refractivity (Wildman–Crippen MR) is 94.1 cm³/mol. The molecule has 4 N–H and O–H groups in total. The fourth-order valence-electron chi connectivity index (χ4n) is 2.23. The SMILES string of the molecule is NC(=O)c1c(SCC(=O)c2ccc(F)cc2)sc2c(O)cc(=O)[nH]c12. The number of thiophene rings is 1. The first-order valence-electron chi connectivity index (χ1n) is 6.97. The number of aromatic amines is 1. The van der Waals surface area contributed by atoms with Crippen LogP contribution in [0.1, 0.15) is 20.7 Å². The largest absolute Gasteiger partial charge is 0.506 e. The average molecular weight is 378 g/mol. The molecule has 0 fully saturated rings. The van der Waals surface area contributed by atoms with Crippen molar-refractivity contribution in [3.8, 4) is 5.75 Å². The minimum atomic E-state index is -0.774. The number of carbonyl (C=O) groups is 2. The minimum Gasteiger partial charge on any atom is -0.506 e. The molecule has 9 heteroatoms. The van der Waals surface area contributed by atoms with Crippen LogP contribution in [0.4, 0.5) is 4.39 Å². The van der Waals surface area contributed by atoms with E-state index in [2.05, 4.69) is 4.98 Å². The number of ketones is 1. The molecular weight excluding hydrogens is 367 g/mol. The molecule has 0 aliphatic rings. The third-order valence-corrected chi connectivity index (χ3v) is 5.85. The van der Waals surface area contributed by atoms with Gasteiger partial charge in [-0.05, 0) is 24.3 Å². The Morgan fingerprint density at radius 2 is 1.96 bits per heavy atom. The number of nitrogens with one attached hydrogen (secondary N) is 1. The zero-order valence-electron chi connectivity index (χ0n) is 12.5. The number of nitrogens with two attached hydrogens (primary N) is 1. The Morgan fingerprint density at radius 3 is 2.60 bits per heavy atom. The molecule has 3 aromatic rings. The molecule has 0 saturated carbocycles. The van der Waals surface area contributed by atoms with E-state index >= 15 is 0 Å². The summed E-state index contributed by atoms with van der Waals surface area (Å²) in [6, 6.07) is 6.13. The van der Waals surface area contributed by atoms with Gasteiger partial charge in [-0.2, -0.15) is 0 Å². The van der Waals surface area contributed by atoms with E-state index in [1.54, 1.807) is 0 Å².